The number of rotatable bonds is 6. The van der Waals surface area contributed by atoms with E-state index < -0.39 is 6.17 Å². The van der Waals surface area contributed by atoms with Crippen LogP contribution < -0.4 is 14.8 Å². The maximum absolute atomic E-state index is 13.9. The number of hydrogen-bond acceptors (Lipinski definition) is 5. The highest BCUT2D eigenvalue weighted by atomic mass is 19.1. The number of phenolic OH excluding ortho intramolecular Hbond substituents is 1. The standard InChI is InChI=1S/C25H25FN2O3/c1-3-31-23-12-6-11-20(24(23)29)22-15-21(16-7-5-10-19(14-16)30-2)27-25(28-22)17-8-4-9-18(26)13-17/h4-14,22,25,28-29H,3,15H2,1-2H3. The Morgan fingerprint density at radius 1 is 1.10 bits per heavy atom. The van der Waals surface area contributed by atoms with Crippen LogP contribution >= 0.6 is 0 Å². The maximum atomic E-state index is 13.9. The van der Waals surface area contributed by atoms with Gasteiger partial charge in [0.1, 0.15) is 17.7 Å². The van der Waals surface area contributed by atoms with Gasteiger partial charge in [0.05, 0.1) is 13.7 Å². The van der Waals surface area contributed by atoms with E-state index >= 15 is 0 Å². The van der Waals surface area contributed by atoms with Crippen molar-refractivity contribution in [3.63, 3.8) is 0 Å². The molecular formula is C25H25FN2O3. The second-order valence-electron chi connectivity index (χ2n) is 7.32. The first-order valence-corrected chi connectivity index (χ1v) is 10.3. The Balaban J connectivity index is 1.77. The molecular weight excluding hydrogens is 395 g/mol. The van der Waals surface area contributed by atoms with Gasteiger partial charge < -0.3 is 14.6 Å². The average Bonchev–Trinajstić information content (AvgIpc) is 2.80. The van der Waals surface area contributed by atoms with E-state index in [9.17, 15) is 9.50 Å². The van der Waals surface area contributed by atoms with Gasteiger partial charge in [-0.1, -0.05) is 36.4 Å². The van der Waals surface area contributed by atoms with Crippen LogP contribution in [0, 0.1) is 5.82 Å². The van der Waals surface area contributed by atoms with Gasteiger partial charge in [-0.05, 0) is 48.4 Å². The summed E-state index contributed by atoms with van der Waals surface area (Å²) >= 11 is 0. The number of ether oxygens (including phenoxy) is 2. The van der Waals surface area contributed by atoms with Crippen LogP contribution in [-0.2, 0) is 0 Å². The first kappa shape index (κ1) is 20.9. The van der Waals surface area contributed by atoms with Crippen molar-refractivity contribution in [3.8, 4) is 17.2 Å². The minimum atomic E-state index is -0.467. The smallest absolute Gasteiger partial charge is 0.162 e. The Morgan fingerprint density at radius 3 is 2.68 bits per heavy atom. The van der Waals surface area contributed by atoms with Crippen LogP contribution in [0.2, 0.25) is 0 Å². The van der Waals surface area contributed by atoms with Crippen molar-refractivity contribution in [2.45, 2.75) is 25.6 Å². The monoisotopic (exact) mass is 420 g/mol. The largest absolute Gasteiger partial charge is 0.504 e. The minimum Gasteiger partial charge on any atom is -0.504 e. The number of hydrogen-bond donors (Lipinski definition) is 2. The number of nitrogens with zero attached hydrogens (tertiary/aromatic N) is 1. The number of halogens is 1. The second kappa shape index (κ2) is 9.18. The molecule has 0 spiro atoms. The summed E-state index contributed by atoms with van der Waals surface area (Å²) in [4.78, 5) is 4.87. The van der Waals surface area contributed by atoms with Crippen molar-refractivity contribution < 1.29 is 19.0 Å². The summed E-state index contributed by atoms with van der Waals surface area (Å²) in [6, 6.07) is 19.3. The second-order valence-corrected chi connectivity index (χ2v) is 7.32. The van der Waals surface area contributed by atoms with Crippen LogP contribution in [0.3, 0.4) is 0 Å². The zero-order valence-electron chi connectivity index (χ0n) is 17.5. The van der Waals surface area contributed by atoms with E-state index in [0.29, 0.717) is 29.9 Å². The summed E-state index contributed by atoms with van der Waals surface area (Å²) < 4.78 is 24.8. The van der Waals surface area contributed by atoms with Crippen molar-refractivity contribution in [3.05, 3.63) is 89.2 Å². The molecule has 0 saturated heterocycles. The zero-order valence-corrected chi connectivity index (χ0v) is 17.5. The topological polar surface area (TPSA) is 63.1 Å². The molecule has 0 amide bonds. The predicted molar refractivity (Wildman–Crippen MR) is 118 cm³/mol. The lowest BCUT2D eigenvalue weighted by molar-refractivity contribution is 0.313. The van der Waals surface area contributed by atoms with Crippen LogP contribution in [-0.4, -0.2) is 24.5 Å². The summed E-state index contributed by atoms with van der Waals surface area (Å²) in [5.74, 6) is 0.959. The van der Waals surface area contributed by atoms with E-state index in [4.69, 9.17) is 14.5 Å². The molecule has 2 N–H and O–H groups in total. The molecule has 1 aliphatic rings. The Labute approximate surface area is 181 Å². The SMILES string of the molecule is CCOc1cccc(C2CC(c3cccc(OC)c3)=NC(c3cccc(F)c3)N2)c1O. The van der Waals surface area contributed by atoms with Gasteiger partial charge in [-0.3, -0.25) is 10.3 Å². The van der Waals surface area contributed by atoms with Crippen molar-refractivity contribution in [1.82, 2.24) is 5.32 Å². The molecule has 0 radical (unpaired) electrons. The van der Waals surface area contributed by atoms with E-state index in [1.54, 1.807) is 19.2 Å². The summed E-state index contributed by atoms with van der Waals surface area (Å²) in [6.07, 6.45) is 0.0769. The molecule has 160 valence electrons. The normalized spacial score (nSPS) is 18.4. The molecule has 0 saturated carbocycles. The fourth-order valence-electron chi connectivity index (χ4n) is 3.82. The highest BCUT2D eigenvalue weighted by molar-refractivity contribution is 6.02. The lowest BCUT2D eigenvalue weighted by atomic mass is 9.93. The maximum Gasteiger partial charge on any atom is 0.162 e. The van der Waals surface area contributed by atoms with Gasteiger partial charge in [0.2, 0.25) is 0 Å². The molecule has 5 nitrogen and oxygen atoms in total. The lowest BCUT2D eigenvalue weighted by Gasteiger charge is -2.31. The molecule has 0 fully saturated rings. The zero-order chi connectivity index (χ0) is 21.8. The van der Waals surface area contributed by atoms with Gasteiger partial charge in [-0.2, -0.15) is 0 Å². The fraction of sp³-hybridized carbons (Fsp3) is 0.240. The molecule has 2 unspecified atom stereocenters. The average molecular weight is 420 g/mol. The Hall–Kier alpha value is -3.38. The molecule has 0 aromatic heterocycles. The quantitative estimate of drug-likeness (QED) is 0.578. The molecule has 3 aromatic rings. The third-order valence-electron chi connectivity index (χ3n) is 5.31. The minimum absolute atomic E-state index is 0.103. The molecule has 0 aliphatic carbocycles. The highest BCUT2D eigenvalue weighted by Crippen LogP contribution is 2.39. The van der Waals surface area contributed by atoms with Crippen molar-refractivity contribution in [2.24, 2.45) is 4.99 Å². The lowest BCUT2D eigenvalue weighted by Crippen LogP contribution is -2.33. The number of para-hydroxylation sites is 1. The number of nitrogens with one attached hydrogen (secondary N) is 1. The number of methoxy groups -OCH3 is 1. The molecule has 31 heavy (non-hydrogen) atoms. The number of aromatic hydroxyl groups is 1. The van der Waals surface area contributed by atoms with Gasteiger partial charge in [-0.15, -0.1) is 0 Å². The molecule has 1 aliphatic heterocycles. The molecule has 3 aromatic carbocycles. The van der Waals surface area contributed by atoms with Crippen molar-refractivity contribution in [1.29, 1.82) is 0 Å². The summed E-state index contributed by atoms with van der Waals surface area (Å²) in [5, 5.41) is 14.3. The molecule has 4 rings (SSSR count). The number of phenols is 1. The number of aliphatic imine (C=N–C) groups is 1. The Bertz CT molecular complexity index is 1100. The third kappa shape index (κ3) is 4.54. The van der Waals surface area contributed by atoms with Crippen LogP contribution in [0.25, 0.3) is 0 Å². The molecule has 1 heterocycles. The summed E-state index contributed by atoms with van der Waals surface area (Å²) in [7, 11) is 1.62. The number of benzene rings is 3. The Kier molecular flexibility index (Phi) is 6.18. The van der Waals surface area contributed by atoms with E-state index in [0.717, 1.165) is 17.0 Å². The predicted octanol–water partition coefficient (Wildman–Crippen LogP) is 5.16. The van der Waals surface area contributed by atoms with Crippen LogP contribution in [0.5, 0.6) is 17.2 Å². The molecule has 6 heteroatoms. The van der Waals surface area contributed by atoms with E-state index in [1.165, 1.54) is 12.1 Å². The molecule has 0 bridgehead atoms. The van der Waals surface area contributed by atoms with E-state index in [2.05, 4.69) is 5.32 Å². The first-order chi connectivity index (χ1) is 15.1. The van der Waals surface area contributed by atoms with Gasteiger partial charge in [-0.25, -0.2) is 4.39 Å². The van der Waals surface area contributed by atoms with Crippen molar-refractivity contribution in [2.75, 3.05) is 13.7 Å². The highest BCUT2D eigenvalue weighted by Gasteiger charge is 2.28. The Morgan fingerprint density at radius 2 is 1.90 bits per heavy atom. The first-order valence-electron chi connectivity index (χ1n) is 10.3. The van der Waals surface area contributed by atoms with Crippen LogP contribution in [0.15, 0.2) is 71.7 Å². The van der Waals surface area contributed by atoms with Crippen molar-refractivity contribution >= 4 is 5.71 Å². The van der Waals surface area contributed by atoms with Gasteiger partial charge >= 0.3 is 0 Å². The van der Waals surface area contributed by atoms with Crippen LogP contribution in [0.4, 0.5) is 4.39 Å². The van der Waals surface area contributed by atoms with Gasteiger partial charge in [0.25, 0.3) is 0 Å². The van der Waals surface area contributed by atoms with Gasteiger partial charge in [0.15, 0.2) is 11.5 Å². The summed E-state index contributed by atoms with van der Waals surface area (Å²) in [5.41, 5.74) is 3.19. The van der Waals surface area contributed by atoms with Gasteiger partial charge in [0, 0.05) is 23.7 Å². The van der Waals surface area contributed by atoms with Crippen LogP contribution in [0.1, 0.15) is 42.2 Å². The fourth-order valence-corrected chi connectivity index (χ4v) is 3.82. The third-order valence-corrected chi connectivity index (χ3v) is 5.31. The van der Waals surface area contributed by atoms with E-state index in [-0.39, 0.29) is 17.6 Å². The molecule has 2 atom stereocenters. The van der Waals surface area contributed by atoms with E-state index in [1.807, 2.05) is 49.4 Å². The summed E-state index contributed by atoms with van der Waals surface area (Å²) in [6.45, 7) is 2.33.